The van der Waals surface area contributed by atoms with Crippen LogP contribution in [0.1, 0.15) is 12.5 Å². The molecule has 0 atom stereocenters. The molecule has 2 rings (SSSR count). The summed E-state index contributed by atoms with van der Waals surface area (Å²) in [5, 5.41) is 17.6. The van der Waals surface area contributed by atoms with E-state index in [0.29, 0.717) is 6.54 Å². The Kier molecular flexibility index (Phi) is 3.74. The molecule has 5 heteroatoms. The molecule has 0 aliphatic rings. The van der Waals surface area contributed by atoms with Crippen LogP contribution in [-0.2, 0) is 6.54 Å². The summed E-state index contributed by atoms with van der Waals surface area (Å²) in [5.74, 6) is 0.956. The first-order chi connectivity index (χ1) is 8.76. The standard InChI is InChI=1S/C13H16N4O/c1-2-17(11-4-3-5-12(18)8-11)13-10(9-14)6-7-15-16-13/h3-8,18H,2,9,14H2,1H3. The van der Waals surface area contributed by atoms with Gasteiger partial charge in [-0.05, 0) is 25.1 Å². The van der Waals surface area contributed by atoms with Crippen LogP contribution in [-0.4, -0.2) is 21.8 Å². The molecule has 0 unspecified atom stereocenters. The van der Waals surface area contributed by atoms with Gasteiger partial charge in [0, 0.05) is 30.4 Å². The smallest absolute Gasteiger partial charge is 0.160 e. The summed E-state index contributed by atoms with van der Waals surface area (Å²) < 4.78 is 0. The highest BCUT2D eigenvalue weighted by Gasteiger charge is 2.13. The van der Waals surface area contributed by atoms with Crippen molar-refractivity contribution in [3.05, 3.63) is 42.1 Å². The minimum absolute atomic E-state index is 0.226. The van der Waals surface area contributed by atoms with Crippen molar-refractivity contribution in [1.29, 1.82) is 0 Å². The van der Waals surface area contributed by atoms with Crippen molar-refractivity contribution in [2.24, 2.45) is 5.73 Å². The molecule has 1 aromatic carbocycles. The molecule has 1 heterocycles. The first-order valence-electron chi connectivity index (χ1n) is 5.83. The monoisotopic (exact) mass is 244 g/mol. The second kappa shape index (κ2) is 5.46. The summed E-state index contributed by atoms with van der Waals surface area (Å²) in [6.45, 7) is 3.13. The quantitative estimate of drug-likeness (QED) is 0.857. The molecule has 5 nitrogen and oxygen atoms in total. The Labute approximate surface area is 106 Å². The van der Waals surface area contributed by atoms with Gasteiger partial charge in [0.2, 0.25) is 0 Å². The fraction of sp³-hybridized carbons (Fsp3) is 0.231. The Bertz CT molecular complexity index is 530. The number of phenolic OH excluding ortho intramolecular Hbond substituents is 1. The van der Waals surface area contributed by atoms with E-state index >= 15 is 0 Å². The number of hydrogen-bond donors (Lipinski definition) is 2. The molecule has 0 radical (unpaired) electrons. The average Bonchev–Trinajstić information content (AvgIpc) is 2.40. The van der Waals surface area contributed by atoms with E-state index in [1.54, 1.807) is 24.4 Å². The second-order valence-corrected chi connectivity index (χ2v) is 3.85. The normalized spacial score (nSPS) is 10.3. The Morgan fingerprint density at radius 1 is 1.33 bits per heavy atom. The van der Waals surface area contributed by atoms with Crippen molar-refractivity contribution in [3.8, 4) is 5.75 Å². The molecule has 0 bridgehead atoms. The van der Waals surface area contributed by atoms with E-state index in [9.17, 15) is 5.11 Å². The van der Waals surface area contributed by atoms with Crippen molar-refractivity contribution < 1.29 is 5.11 Å². The molecule has 0 amide bonds. The van der Waals surface area contributed by atoms with Gasteiger partial charge >= 0.3 is 0 Å². The molecular formula is C13H16N4O. The van der Waals surface area contributed by atoms with E-state index in [1.165, 1.54) is 0 Å². The Morgan fingerprint density at radius 3 is 2.83 bits per heavy atom. The predicted molar refractivity (Wildman–Crippen MR) is 70.7 cm³/mol. The molecular weight excluding hydrogens is 228 g/mol. The number of aromatic hydroxyl groups is 1. The Morgan fingerprint density at radius 2 is 2.17 bits per heavy atom. The van der Waals surface area contributed by atoms with Gasteiger partial charge in [0.25, 0.3) is 0 Å². The van der Waals surface area contributed by atoms with Crippen molar-refractivity contribution in [3.63, 3.8) is 0 Å². The Balaban J connectivity index is 2.45. The first-order valence-corrected chi connectivity index (χ1v) is 5.83. The highest BCUT2D eigenvalue weighted by molar-refractivity contribution is 5.63. The highest BCUT2D eigenvalue weighted by Crippen LogP contribution is 2.27. The highest BCUT2D eigenvalue weighted by atomic mass is 16.3. The van der Waals surface area contributed by atoms with E-state index in [1.807, 2.05) is 24.0 Å². The van der Waals surface area contributed by atoms with Crippen molar-refractivity contribution in [2.75, 3.05) is 11.4 Å². The molecule has 0 saturated carbocycles. The topological polar surface area (TPSA) is 75.3 Å². The lowest BCUT2D eigenvalue weighted by atomic mass is 10.2. The van der Waals surface area contributed by atoms with Crippen LogP contribution in [0.15, 0.2) is 36.5 Å². The van der Waals surface area contributed by atoms with Crippen LogP contribution < -0.4 is 10.6 Å². The number of hydrogen-bond acceptors (Lipinski definition) is 5. The molecule has 0 saturated heterocycles. The minimum Gasteiger partial charge on any atom is -0.508 e. The molecule has 0 aliphatic heterocycles. The van der Waals surface area contributed by atoms with Crippen molar-refractivity contribution in [1.82, 2.24) is 10.2 Å². The predicted octanol–water partition coefficient (Wildman–Crippen LogP) is 1.80. The van der Waals surface area contributed by atoms with Gasteiger partial charge in [0.15, 0.2) is 5.82 Å². The van der Waals surface area contributed by atoms with Gasteiger partial charge in [0.05, 0.1) is 6.20 Å². The average molecular weight is 244 g/mol. The number of aromatic nitrogens is 2. The third kappa shape index (κ3) is 2.41. The van der Waals surface area contributed by atoms with E-state index in [-0.39, 0.29) is 5.75 Å². The van der Waals surface area contributed by atoms with Crippen LogP contribution in [0, 0.1) is 0 Å². The van der Waals surface area contributed by atoms with E-state index in [0.717, 1.165) is 23.6 Å². The second-order valence-electron chi connectivity index (χ2n) is 3.85. The third-order valence-electron chi connectivity index (χ3n) is 2.72. The maximum Gasteiger partial charge on any atom is 0.160 e. The van der Waals surface area contributed by atoms with Gasteiger partial charge in [-0.25, -0.2) is 0 Å². The zero-order chi connectivity index (χ0) is 13.0. The first kappa shape index (κ1) is 12.3. The maximum absolute atomic E-state index is 9.54. The van der Waals surface area contributed by atoms with Gasteiger partial charge in [0.1, 0.15) is 5.75 Å². The maximum atomic E-state index is 9.54. The summed E-state index contributed by atoms with van der Waals surface area (Å²) in [4.78, 5) is 1.97. The van der Waals surface area contributed by atoms with Crippen LogP contribution in [0.2, 0.25) is 0 Å². The van der Waals surface area contributed by atoms with Crippen LogP contribution in [0.4, 0.5) is 11.5 Å². The molecule has 3 N–H and O–H groups in total. The molecule has 0 fully saturated rings. The SMILES string of the molecule is CCN(c1cccc(O)c1)c1nnccc1CN. The number of phenols is 1. The summed E-state index contributed by atoms with van der Waals surface area (Å²) in [6, 6.07) is 8.90. The zero-order valence-corrected chi connectivity index (χ0v) is 10.2. The molecule has 0 aliphatic carbocycles. The number of nitrogens with zero attached hydrogens (tertiary/aromatic N) is 3. The molecule has 18 heavy (non-hydrogen) atoms. The largest absolute Gasteiger partial charge is 0.508 e. The lowest BCUT2D eigenvalue weighted by Crippen LogP contribution is -2.20. The summed E-state index contributed by atoms with van der Waals surface area (Å²) in [7, 11) is 0. The minimum atomic E-state index is 0.226. The van der Waals surface area contributed by atoms with Gasteiger partial charge in [-0.2, -0.15) is 5.10 Å². The lowest BCUT2D eigenvalue weighted by molar-refractivity contribution is 0.475. The fourth-order valence-electron chi connectivity index (χ4n) is 1.85. The van der Waals surface area contributed by atoms with Crippen molar-refractivity contribution >= 4 is 11.5 Å². The number of nitrogens with two attached hydrogens (primary N) is 1. The fourth-order valence-corrected chi connectivity index (χ4v) is 1.85. The summed E-state index contributed by atoms with van der Waals surface area (Å²) >= 11 is 0. The Hall–Kier alpha value is -2.14. The van der Waals surface area contributed by atoms with Gasteiger partial charge in [-0.15, -0.1) is 5.10 Å². The number of anilines is 2. The van der Waals surface area contributed by atoms with Crippen LogP contribution >= 0.6 is 0 Å². The van der Waals surface area contributed by atoms with Crippen LogP contribution in [0.5, 0.6) is 5.75 Å². The van der Waals surface area contributed by atoms with Crippen molar-refractivity contribution in [2.45, 2.75) is 13.5 Å². The summed E-state index contributed by atoms with van der Waals surface area (Å²) in [5.41, 5.74) is 7.50. The molecule has 94 valence electrons. The third-order valence-corrected chi connectivity index (χ3v) is 2.72. The van der Waals surface area contributed by atoms with E-state index in [2.05, 4.69) is 10.2 Å². The number of rotatable bonds is 4. The molecule has 2 aromatic rings. The zero-order valence-electron chi connectivity index (χ0n) is 10.2. The number of benzene rings is 1. The molecule has 1 aromatic heterocycles. The summed E-state index contributed by atoms with van der Waals surface area (Å²) in [6.07, 6.45) is 1.63. The molecule has 0 spiro atoms. The van der Waals surface area contributed by atoms with Gasteiger partial charge in [-0.3, -0.25) is 0 Å². The lowest BCUT2D eigenvalue weighted by Gasteiger charge is -2.23. The van der Waals surface area contributed by atoms with Crippen LogP contribution in [0.3, 0.4) is 0 Å². The van der Waals surface area contributed by atoms with E-state index < -0.39 is 0 Å². The van der Waals surface area contributed by atoms with Gasteiger partial charge in [-0.1, -0.05) is 6.07 Å². The van der Waals surface area contributed by atoms with Gasteiger partial charge < -0.3 is 15.7 Å². The van der Waals surface area contributed by atoms with E-state index in [4.69, 9.17) is 5.73 Å². The van der Waals surface area contributed by atoms with Crippen LogP contribution in [0.25, 0.3) is 0 Å².